The van der Waals surface area contributed by atoms with Gasteiger partial charge in [-0.15, -0.1) is 16.4 Å². The summed E-state index contributed by atoms with van der Waals surface area (Å²) in [4.78, 5) is 6.17. The zero-order chi connectivity index (χ0) is 18.3. The number of nitrogens with two attached hydrogens (primary N) is 1. The van der Waals surface area contributed by atoms with Gasteiger partial charge in [-0.1, -0.05) is 42.5 Å². The smallest absolute Gasteiger partial charge is 0.102 e. The topological polar surface area (TPSA) is 75.1 Å². The van der Waals surface area contributed by atoms with Crippen molar-refractivity contribution in [1.82, 2.24) is 5.32 Å². The number of benzene rings is 1. The van der Waals surface area contributed by atoms with E-state index in [1.54, 1.807) is 17.6 Å². The van der Waals surface area contributed by atoms with Gasteiger partial charge < -0.3 is 11.1 Å². The first-order chi connectivity index (χ1) is 13.3. The molecule has 1 fully saturated rings. The van der Waals surface area contributed by atoms with Crippen LogP contribution in [-0.2, 0) is 5.54 Å². The van der Waals surface area contributed by atoms with Gasteiger partial charge in [-0.3, -0.25) is 4.99 Å². The lowest BCUT2D eigenvalue weighted by molar-refractivity contribution is 0.242. The molecule has 5 rings (SSSR count). The van der Waals surface area contributed by atoms with Gasteiger partial charge in [-0.05, 0) is 17.5 Å². The van der Waals surface area contributed by atoms with Crippen molar-refractivity contribution in [3.8, 4) is 0 Å². The molecular formula is C21H19N5S. The lowest BCUT2D eigenvalue weighted by atomic mass is 9.77. The summed E-state index contributed by atoms with van der Waals surface area (Å²) in [5.74, 6) is 0. The van der Waals surface area contributed by atoms with Gasteiger partial charge in [0.1, 0.15) is 5.71 Å². The van der Waals surface area contributed by atoms with Crippen molar-refractivity contribution in [3.63, 3.8) is 0 Å². The minimum Gasteiger partial charge on any atom is -0.318 e. The van der Waals surface area contributed by atoms with Gasteiger partial charge in [0, 0.05) is 34.7 Å². The molecule has 134 valence electrons. The first-order valence-electron chi connectivity index (χ1n) is 8.97. The number of aliphatic imine (C=N–C) groups is 1. The van der Waals surface area contributed by atoms with E-state index in [1.807, 2.05) is 36.4 Å². The van der Waals surface area contributed by atoms with E-state index >= 15 is 0 Å². The van der Waals surface area contributed by atoms with Gasteiger partial charge in [-0.2, -0.15) is 5.10 Å². The summed E-state index contributed by atoms with van der Waals surface area (Å²) in [6.45, 7) is 0.769. The highest BCUT2D eigenvalue weighted by Gasteiger charge is 2.48. The zero-order valence-corrected chi connectivity index (χ0v) is 15.5. The van der Waals surface area contributed by atoms with Crippen molar-refractivity contribution in [3.05, 3.63) is 81.7 Å². The van der Waals surface area contributed by atoms with Gasteiger partial charge in [-0.25, -0.2) is 0 Å². The number of rotatable bonds is 3. The molecule has 0 saturated carbocycles. The molecule has 3 aliphatic heterocycles. The molecular weight excluding hydrogens is 354 g/mol. The Morgan fingerprint density at radius 1 is 1.15 bits per heavy atom. The van der Waals surface area contributed by atoms with E-state index < -0.39 is 0 Å². The molecule has 1 saturated heterocycles. The van der Waals surface area contributed by atoms with Crippen molar-refractivity contribution in [1.29, 1.82) is 0 Å². The van der Waals surface area contributed by atoms with E-state index in [0.717, 1.165) is 41.2 Å². The first-order valence-corrected chi connectivity index (χ1v) is 9.85. The van der Waals surface area contributed by atoms with E-state index in [2.05, 4.69) is 39.1 Å². The van der Waals surface area contributed by atoms with Gasteiger partial charge >= 0.3 is 0 Å². The monoisotopic (exact) mass is 373 g/mol. The second kappa shape index (κ2) is 6.49. The Bertz CT molecular complexity index is 1010. The molecule has 1 aromatic carbocycles. The van der Waals surface area contributed by atoms with E-state index in [1.165, 1.54) is 4.88 Å². The van der Waals surface area contributed by atoms with Gasteiger partial charge in [0.2, 0.25) is 0 Å². The second-order valence-electron chi connectivity index (χ2n) is 6.89. The first kappa shape index (κ1) is 16.5. The second-order valence-corrected chi connectivity index (χ2v) is 7.84. The fourth-order valence-electron chi connectivity index (χ4n) is 3.77. The number of thiophene rings is 1. The number of hydrogen-bond donors (Lipinski definition) is 2. The van der Waals surface area contributed by atoms with Crippen LogP contribution >= 0.6 is 11.3 Å². The minimum atomic E-state index is -0.381. The van der Waals surface area contributed by atoms with E-state index in [4.69, 9.17) is 10.7 Å². The lowest BCUT2D eigenvalue weighted by Crippen LogP contribution is -2.73. The molecule has 3 N–H and O–H groups in total. The number of nitrogens with zero attached hydrogens (tertiary/aromatic N) is 3. The third kappa shape index (κ3) is 2.73. The normalized spacial score (nSPS) is 26.8. The Hall–Kier alpha value is -2.67. The average Bonchev–Trinajstić information content (AvgIpc) is 3.15. The Balaban J connectivity index is 1.47. The SMILES string of the molecule is NC1(c2cccs2)CNC1C1=NC2=CC=NN=C(c3ccccc3)C2=CC1. The molecule has 2 unspecified atom stereocenters. The fourth-order valence-corrected chi connectivity index (χ4v) is 4.64. The van der Waals surface area contributed by atoms with Crippen LogP contribution in [0.5, 0.6) is 0 Å². The molecule has 4 heterocycles. The van der Waals surface area contributed by atoms with Gasteiger partial charge in [0.15, 0.2) is 0 Å². The van der Waals surface area contributed by atoms with Crippen LogP contribution in [0.1, 0.15) is 16.9 Å². The van der Waals surface area contributed by atoms with Crippen molar-refractivity contribution in [2.45, 2.75) is 18.0 Å². The van der Waals surface area contributed by atoms with Crippen LogP contribution in [-0.4, -0.2) is 30.2 Å². The summed E-state index contributed by atoms with van der Waals surface area (Å²) in [7, 11) is 0. The van der Waals surface area contributed by atoms with E-state index in [-0.39, 0.29) is 11.6 Å². The predicted molar refractivity (Wildman–Crippen MR) is 112 cm³/mol. The maximum Gasteiger partial charge on any atom is 0.102 e. The molecule has 27 heavy (non-hydrogen) atoms. The van der Waals surface area contributed by atoms with Crippen molar-refractivity contribution >= 4 is 29.0 Å². The highest BCUT2D eigenvalue weighted by molar-refractivity contribution is 7.10. The van der Waals surface area contributed by atoms with E-state index in [9.17, 15) is 0 Å². The fraction of sp³-hybridized carbons (Fsp3) is 0.190. The predicted octanol–water partition coefficient (Wildman–Crippen LogP) is 3.02. The third-order valence-corrected chi connectivity index (χ3v) is 6.30. The molecule has 0 spiro atoms. The highest BCUT2D eigenvalue weighted by Crippen LogP contribution is 2.35. The van der Waals surface area contributed by atoms with Crippen molar-refractivity contribution < 1.29 is 0 Å². The summed E-state index contributed by atoms with van der Waals surface area (Å²) in [5, 5.41) is 14.1. The molecule has 0 radical (unpaired) electrons. The van der Waals surface area contributed by atoms with Crippen LogP contribution in [0.25, 0.3) is 0 Å². The maximum absolute atomic E-state index is 6.74. The Kier molecular flexibility index (Phi) is 3.97. The molecule has 6 heteroatoms. The molecule has 5 nitrogen and oxygen atoms in total. The van der Waals surface area contributed by atoms with Crippen LogP contribution in [0.15, 0.2) is 86.5 Å². The highest BCUT2D eigenvalue weighted by atomic mass is 32.1. The van der Waals surface area contributed by atoms with E-state index in [0.29, 0.717) is 0 Å². The summed E-state index contributed by atoms with van der Waals surface area (Å²) in [6.07, 6.45) is 6.57. The van der Waals surface area contributed by atoms with Crippen LogP contribution in [0.4, 0.5) is 0 Å². The largest absolute Gasteiger partial charge is 0.318 e. The minimum absolute atomic E-state index is 0.0483. The standard InChI is InChI=1S/C21H19N5S/c22-21(18-7-4-12-27-18)13-23-20(21)17-9-8-15-16(25-17)10-11-24-26-19(15)14-5-2-1-3-6-14/h1-8,10-12,20,23H,9,13,22H2. The molecule has 0 aliphatic carbocycles. The summed E-state index contributed by atoms with van der Waals surface area (Å²) in [6, 6.07) is 14.3. The number of dihydropyridines is 1. The van der Waals surface area contributed by atoms with Crippen LogP contribution in [0.3, 0.4) is 0 Å². The average molecular weight is 373 g/mol. The Morgan fingerprint density at radius 3 is 2.78 bits per heavy atom. The molecule has 1 aromatic heterocycles. The Labute approximate surface area is 161 Å². The summed E-state index contributed by atoms with van der Waals surface area (Å²) < 4.78 is 0. The van der Waals surface area contributed by atoms with Gasteiger partial charge in [0.25, 0.3) is 0 Å². The third-order valence-electron chi connectivity index (χ3n) is 5.24. The van der Waals surface area contributed by atoms with Crippen LogP contribution in [0.2, 0.25) is 0 Å². The molecule has 3 aliphatic rings. The maximum atomic E-state index is 6.74. The van der Waals surface area contributed by atoms with Crippen LogP contribution in [0, 0.1) is 0 Å². The Morgan fingerprint density at radius 2 is 2.04 bits per heavy atom. The lowest BCUT2D eigenvalue weighted by Gasteiger charge is -2.48. The number of allylic oxidation sites excluding steroid dienone is 3. The molecule has 2 atom stereocenters. The van der Waals surface area contributed by atoms with Gasteiger partial charge in [0.05, 0.1) is 23.5 Å². The molecule has 0 bridgehead atoms. The quantitative estimate of drug-likeness (QED) is 0.868. The summed E-state index contributed by atoms with van der Waals surface area (Å²) in [5.41, 5.74) is 11.2. The molecule has 0 amide bonds. The van der Waals surface area contributed by atoms with Crippen molar-refractivity contribution in [2.75, 3.05) is 6.54 Å². The number of fused-ring (bicyclic) bond motifs is 1. The zero-order valence-electron chi connectivity index (χ0n) is 14.7. The molecule has 2 aromatic rings. The number of hydrogen-bond acceptors (Lipinski definition) is 6. The van der Waals surface area contributed by atoms with Crippen LogP contribution < -0.4 is 11.1 Å². The number of nitrogens with one attached hydrogen (secondary N) is 1. The summed E-state index contributed by atoms with van der Waals surface area (Å²) >= 11 is 1.71. The van der Waals surface area contributed by atoms with Crippen molar-refractivity contribution in [2.24, 2.45) is 20.9 Å².